The first kappa shape index (κ1) is 6.38. The second-order valence-electron chi connectivity index (χ2n) is 4.02. The van der Waals surface area contributed by atoms with Crippen LogP contribution in [0, 0.1) is 17.8 Å². The van der Waals surface area contributed by atoms with E-state index in [9.17, 15) is 0 Å². The van der Waals surface area contributed by atoms with Crippen molar-refractivity contribution in [3.05, 3.63) is 0 Å². The van der Waals surface area contributed by atoms with Gasteiger partial charge in [-0.1, -0.05) is 12.2 Å². The molecule has 60 valence electrons. The molecule has 2 aliphatic carbocycles. The first-order valence-electron chi connectivity index (χ1n) is 4.41. The van der Waals surface area contributed by atoms with Crippen LogP contribution in [0.15, 0.2) is 0 Å². The zero-order valence-electron chi connectivity index (χ0n) is 6.34. The largest absolute Gasteiger partial charge is 0.315 e. The smallest absolute Gasteiger partial charge is 0.0946 e. The number of nitrogens with one attached hydrogen (secondary N) is 2. The van der Waals surface area contributed by atoms with Crippen molar-refractivity contribution in [3.63, 3.8) is 0 Å². The van der Waals surface area contributed by atoms with Gasteiger partial charge in [0, 0.05) is 12.0 Å². The van der Waals surface area contributed by atoms with E-state index in [0.29, 0.717) is 12.0 Å². The van der Waals surface area contributed by atoms with Crippen LogP contribution < -0.4 is 10.9 Å². The van der Waals surface area contributed by atoms with Crippen molar-refractivity contribution >= 4 is 17.2 Å². The molecular formula is C8H12N2S. The van der Waals surface area contributed by atoms with E-state index < -0.39 is 0 Å². The van der Waals surface area contributed by atoms with Gasteiger partial charge in [-0.05, 0) is 31.1 Å². The van der Waals surface area contributed by atoms with E-state index >= 15 is 0 Å². The van der Waals surface area contributed by atoms with Gasteiger partial charge in [0.15, 0.2) is 0 Å². The van der Waals surface area contributed by atoms with E-state index in [2.05, 4.69) is 10.9 Å². The van der Waals surface area contributed by atoms with Crippen LogP contribution in [0.25, 0.3) is 0 Å². The molecule has 1 heterocycles. The van der Waals surface area contributed by atoms with Crippen LogP contribution in [0.2, 0.25) is 0 Å². The van der Waals surface area contributed by atoms with Crippen LogP contribution >= 0.6 is 12.2 Å². The Morgan fingerprint density at radius 2 is 2.09 bits per heavy atom. The summed E-state index contributed by atoms with van der Waals surface area (Å²) in [6.45, 7) is 0. The van der Waals surface area contributed by atoms with E-state index in [1.54, 1.807) is 0 Å². The van der Waals surface area contributed by atoms with E-state index in [0.717, 1.165) is 16.8 Å². The Labute approximate surface area is 71.7 Å². The van der Waals surface area contributed by atoms with Crippen LogP contribution in [-0.2, 0) is 0 Å². The fourth-order valence-electron chi connectivity index (χ4n) is 3.11. The Kier molecular flexibility index (Phi) is 1.13. The summed E-state index contributed by atoms with van der Waals surface area (Å²) in [4.78, 5) is 1.07. The number of thiocarbonyl (C=S) groups is 1. The molecule has 3 rings (SSSR count). The molecule has 2 N–H and O–H groups in total. The third kappa shape index (κ3) is 0.681. The molecule has 0 aromatic heterocycles. The molecule has 3 heteroatoms. The number of hydrogen-bond donors (Lipinski definition) is 2. The quantitative estimate of drug-likeness (QED) is 0.524. The Morgan fingerprint density at radius 1 is 1.27 bits per heavy atom. The van der Waals surface area contributed by atoms with Gasteiger partial charge >= 0.3 is 0 Å². The van der Waals surface area contributed by atoms with Gasteiger partial charge in [0.1, 0.15) is 0 Å². The summed E-state index contributed by atoms with van der Waals surface area (Å²) in [7, 11) is 0. The molecule has 0 unspecified atom stereocenters. The fraction of sp³-hybridized carbons (Fsp3) is 0.875. The van der Waals surface area contributed by atoms with Gasteiger partial charge in [-0.3, -0.25) is 0 Å². The molecule has 2 bridgehead atoms. The van der Waals surface area contributed by atoms with Crippen molar-refractivity contribution in [2.24, 2.45) is 17.8 Å². The third-order valence-corrected chi connectivity index (χ3v) is 3.96. The standard InChI is InChI=1S/C8H12N2S/c11-8-6-4-1-2-5(3-4)7(6)9-10-8/h4-7,9H,1-3H2,(H,10,11)/t4-,5+,6+,7-/m1/s1. The molecule has 0 aromatic carbocycles. The van der Waals surface area contributed by atoms with E-state index in [1.807, 2.05) is 0 Å². The molecular weight excluding hydrogens is 156 g/mol. The van der Waals surface area contributed by atoms with Crippen molar-refractivity contribution in [3.8, 4) is 0 Å². The van der Waals surface area contributed by atoms with Crippen LogP contribution in [0.1, 0.15) is 19.3 Å². The molecule has 4 atom stereocenters. The lowest BCUT2D eigenvalue weighted by Gasteiger charge is -2.21. The zero-order chi connectivity index (χ0) is 7.42. The lowest BCUT2D eigenvalue weighted by atomic mass is 9.86. The molecule has 3 aliphatic rings. The minimum absolute atomic E-state index is 0.682. The minimum atomic E-state index is 0.682. The van der Waals surface area contributed by atoms with Gasteiger partial charge in [-0.25, -0.2) is 5.43 Å². The monoisotopic (exact) mass is 168 g/mol. The summed E-state index contributed by atoms with van der Waals surface area (Å²) in [6.07, 6.45) is 4.25. The van der Waals surface area contributed by atoms with Gasteiger partial charge in [0.05, 0.1) is 4.99 Å². The first-order valence-corrected chi connectivity index (χ1v) is 4.82. The summed E-state index contributed by atoms with van der Waals surface area (Å²) < 4.78 is 0. The molecule has 1 aliphatic heterocycles. The highest BCUT2D eigenvalue weighted by Gasteiger charge is 2.52. The molecule has 1 saturated heterocycles. The third-order valence-electron chi connectivity index (χ3n) is 3.58. The predicted molar refractivity (Wildman–Crippen MR) is 47.0 cm³/mol. The normalized spacial score (nSPS) is 52.9. The van der Waals surface area contributed by atoms with Gasteiger partial charge in [-0.2, -0.15) is 0 Å². The topological polar surface area (TPSA) is 24.1 Å². The molecule has 0 amide bonds. The highest BCUT2D eigenvalue weighted by atomic mass is 32.1. The first-order chi connectivity index (χ1) is 5.36. The van der Waals surface area contributed by atoms with Gasteiger partial charge in [0.2, 0.25) is 0 Å². The molecule has 0 spiro atoms. The van der Waals surface area contributed by atoms with E-state index in [-0.39, 0.29) is 0 Å². The lowest BCUT2D eigenvalue weighted by molar-refractivity contribution is 0.336. The number of rotatable bonds is 0. The molecule has 0 radical (unpaired) electrons. The zero-order valence-corrected chi connectivity index (χ0v) is 7.16. The van der Waals surface area contributed by atoms with Crippen molar-refractivity contribution in [1.82, 2.24) is 10.9 Å². The Morgan fingerprint density at radius 3 is 2.91 bits per heavy atom. The van der Waals surface area contributed by atoms with Crippen LogP contribution in [0.4, 0.5) is 0 Å². The Hall–Kier alpha value is -0.150. The molecule has 2 nitrogen and oxygen atoms in total. The number of hydrogen-bond acceptors (Lipinski definition) is 2. The van der Waals surface area contributed by atoms with E-state index in [1.165, 1.54) is 19.3 Å². The summed E-state index contributed by atoms with van der Waals surface area (Å²) in [5.41, 5.74) is 6.41. The van der Waals surface area contributed by atoms with Crippen LogP contribution in [0.5, 0.6) is 0 Å². The summed E-state index contributed by atoms with van der Waals surface area (Å²) in [6, 6.07) is 0.682. The second kappa shape index (κ2) is 1.96. The molecule has 0 aromatic rings. The van der Waals surface area contributed by atoms with Gasteiger partial charge < -0.3 is 5.43 Å². The average Bonchev–Trinajstić information content (AvgIpc) is 2.60. The maximum absolute atomic E-state index is 5.25. The Bertz CT molecular complexity index is 216. The minimum Gasteiger partial charge on any atom is -0.315 e. The summed E-state index contributed by atoms with van der Waals surface area (Å²) in [5.74, 6) is 2.50. The SMILES string of the molecule is S=C1NN[C@@H]2[C@H]3CC[C@H](C3)[C@H]12. The highest BCUT2D eigenvalue weighted by Crippen LogP contribution is 2.49. The number of fused-ring (bicyclic) bond motifs is 5. The average molecular weight is 168 g/mol. The maximum atomic E-state index is 5.25. The van der Waals surface area contributed by atoms with Crippen LogP contribution in [-0.4, -0.2) is 11.0 Å². The van der Waals surface area contributed by atoms with Crippen molar-refractivity contribution in [2.45, 2.75) is 25.3 Å². The van der Waals surface area contributed by atoms with Gasteiger partial charge in [0.25, 0.3) is 0 Å². The summed E-state index contributed by atoms with van der Waals surface area (Å²) in [5, 5.41) is 0. The van der Waals surface area contributed by atoms with Crippen LogP contribution in [0.3, 0.4) is 0 Å². The predicted octanol–water partition coefficient (Wildman–Crippen LogP) is 0.836. The number of hydrazine groups is 1. The molecule has 2 saturated carbocycles. The summed E-state index contributed by atoms with van der Waals surface area (Å²) >= 11 is 5.25. The Balaban J connectivity index is 1.97. The van der Waals surface area contributed by atoms with Gasteiger partial charge in [-0.15, -0.1) is 0 Å². The molecule has 3 fully saturated rings. The maximum Gasteiger partial charge on any atom is 0.0946 e. The van der Waals surface area contributed by atoms with Crippen molar-refractivity contribution in [1.29, 1.82) is 0 Å². The lowest BCUT2D eigenvalue weighted by Crippen LogP contribution is -2.35. The van der Waals surface area contributed by atoms with Crippen molar-refractivity contribution < 1.29 is 0 Å². The highest BCUT2D eigenvalue weighted by molar-refractivity contribution is 7.80. The fourth-order valence-corrected chi connectivity index (χ4v) is 3.51. The second-order valence-corrected chi connectivity index (χ2v) is 4.46. The van der Waals surface area contributed by atoms with E-state index in [4.69, 9.17) is 12.2 Å². The van der Waals surface area contributed by atoms with Crippen molar-refractivity contribution in [2.75, 3.05) is 0 Å². The molecule has 11 heavy (non-hydrogen) atoms.